The molecule has 0 bridgehead atoms. The quantitative estimate of drug-likeness (QED) is 0.625. The van der Waals surface area contributed by atoms with Crippen LogP contribution in [0, 0.1) is 0 Å². The van der Waals surface area contributed by atoms with Crippen molar-refractivity contribution in [2.45, 2.75) is 12.5 Å². The molecule has 2 rings (SSSR count). The highest BCUT2D eigenvalue weighted by Crippen LogP contribution is 2.32. The van der Waals surface area contributed by atoms with E-state index in [4.69, 9.17) is 9.47 Å². The number of methoxy groups -OCH3 is 2. The van der Waals surface area contributed by atoms with Crippen molar-refractivity contribution >= 4 is 17.5 Å². The molecule has 1 unspecified atom stereocenters. The molecule has 110 valence electrons. The number of carbonyl (C=O) groups excluding carboxylic acids is 1. The molecule has 6 heteroatoms. The summed E-state index contributed by atoms with van der Waals surface area (Å²) in [4.78, 5) is 27.8. The predicted octanol–water partition coefficient (Wildman–Crippen LogP) is 0.0516. The molecule has 1 N–H and O–H groups in total. The van der Waals surface area contributed by atoms with Crippen LogP contribution in [0.25, 0.3) is 5.57 Å². The zero-order chi connectivity index (χ0) is 15.8. The van der Waals surface area contributed by atoms with E-state index in [-0.39, 0.29) is 11.1 Å². The number of carbonyl (C=O) groups is 2. The summed E-state index contributed by atoms with van der Waals surface area (Å²) in [6, 6.07) is 4.98. The average molecular weight is 289 g/mol. The third-order valence-corrected chi connectivity index (χ3v) is 3.54. The Morgan fingerprint density at radius 1 is 1.33 bits per heavy atom. The van der Waals surface area contributed by atoms with Gasteiger partial charge in [-0.2, -0.15) is 0 Å². The van der Waals surface area contributed by atoms with Crippen LogP contribution in [0.3, 0.4) is 0 Å². The summed E-state index contributed by atoms with van der Waals surface area (Å²) in [6.45, 7) is 5.08. The minimum Gasteiger partial charge on any atom is -0.497 e. The molecule has 0 aliphatic carbocycles. The lowest BCUT2D eigenvalue weighted by molar-refractivity contribution is -0.134. The maximum atomic E-state index is 12.1. The highest BCUT2D eigenvalue weighted by molar-refractivity contribution is 6.16. The molecule has 1 atom stereocenters. The number of nitrogens with zero attached hydrogens (tertiary/aromatic N) is 1. The van der Waals surface area contributed by atoms with Crippen molar-refractivity contribution in [2.24, 2.45) is 4.99 Å². The Morgan fingerprint density at radius 3 is 2.52 bits per heavy atom. The number of carboxylic acid groups (broad SMARTS) is 1. The van der Waals surface area contributed by atoms with Crippen LogP contribution in [0.2, 0.25) is 0 Å². The Bertz CT molecular complexity index is 765. The second-order valence-electron chi connectivity index (χ2n) is 4.72. The standard InChI is InChI=1S/C15H15NO5/c1-8(13(17)18)15(2)12(14(19)21-4)10-7-9(20-3)5-6-11(10)16-15/h5-7H,1H2,2-4H3,(H,17,18). The fourth-order valence-electron chi connectivity index (χ4n) is 2.34. The van der Waals surface area contributed by atoms with E-state index in [9.17, 15) is 14.7 Å². The molecule has 0 saturated carbocycles. The Balaban J connectivity index is 2.83. The summed E-state index contributed by atoms with van der Waals surface area (Å²) in [6.07, 6.45) is 0. The lowest BCUT2D eigenvalue weighted by atomic mass is 9.85. The number of benzene rings is 1. The van der Waals surface area contributed by atoms with Crippen molar-refractivity contribution < 1.29 is 24.2 Å². The fourth-order valence-corrected chi connectivity index (χ4v) is 2.34. The number of hydrogen-bond acceptors (Lipinski definition) is 5. The van der Waals surface area contributed by atoms with Gasteiger partial charge in [0.25, 0.3) is 0 Å². The lowest BCUT2D eigenvalue weighted by Crippen LogP contribution is -2.35. The van der Waals surface area contributed by atoms with Gasteiger partial charge in [-0.25, -0.2) is 9.59 Å². The first-order chi connectivity index (χ1) is 9.85. The number of rotatable bonds is 4. The van der Waals surface area contributed by atoms with E-state index in [2.05, 4.69) is 11.6 Å². The van der Waals surface area contributed by atoms with Crippen LogP contribution in [-0.4, -0.2) is 36.8 Å². The highest BCUT2D eigenvalue weighted by Gasteiger charge is 2.43. The highest BCUT2D eigenvalue weighted by atomic mass is 16.5. The van der Waals surface area contributed by atoms with Gasteiger partial charge >= 0.3 is 11.9 Å². The Morgan fingerprint density at radius 2 is 2.00 bits per heavy atom. The van der Waals surface area contributed by atoms with E-state index < -0.39 is 17.5 Å². The molecule has 1 heterocycles. The molecule has 0 radical (unpaired) electrons. The van der Waals surface area contributed by atoms with Gasteiger partial charge in [-0.1, -0.05) is 6.58 Å². The monoisotopic (exact) mass is 289 g/mol. The molecule has 1 aromatic carbocycles. The number of aliphatic carboxylic acids is 1. The molecule has 6 nitrogen and oxygen atoms in total. The Kier molecular flexibility index (Phi) is 3.55. The average Bonchev–Trinajstić information content (AvgIpc) is 2.77. The molecule has 0 amide bonds. The van der Waals surface area contributed by atoms with Crippen LogP contribution < -0.4 is 15.3 Å². The lowest BCUT2D eigenvalue weighted by Gasteiger charge is -2.23. The zero-order valence-corrected chi connectivity index (χ0v) is 12.0. The number of esters is 1. The third-order valence-electron chi connectivity index (χ3n) is 3.54. The van der Waals surface area contributed by atoms with Gasteiger partial charge in [0.15, 0.2) is 0 Å². The van der Waals surface area contributed by atoms with Crippen molar-refractivity contribution in [3.05, 3.63) is 40.9 Å². The van der Waals surface area contributed by atoms with Crippen LogP contribution >= 0.6 is 0 Å². The summed E-state index contributed by atoms with van der Waals surface area (Å²) in [7, 11) is 2.73. The summed E-state index contributed by atoms with van der Waals surface area (Å²) >= 11 is 0. The van der Waals surface area contributed by atoms with E-state index >= 15 is 0 Å². The van der Waals surface area contributed by atoms with Gasteiger partial charge in [-0.15, -0.1) is 0 Å². The summed E-state index contributed by atoms with van der Waals surface area (Å²) in [5.74, 6) is -1.33. The molecular formula is C15H15NO5. The second kappa shape index (κ2) is 5.05. The maximum absolute atomic E-state index is 12.1. The predicted molar refractivity (Wildman–Crippen MR) is 74.4 cm³/mol. The molecule has 0 spiro atoms. The Hall–Kier alpha value is -2.63. The number of hydrogen-bond donors (Lipinski definition) is 1. The third kappa shape index (κ3) is 2.18. The zero-order valence-electron chi connectivity index (χ0n) is 12.0. The summed E-state index contributed by atoms with van der Waals surface area (Å²) < 4.78 is 9.91. The van der Waals surface area contributed by atoms with Crippen molar-refractivity contribution in [2.75, 3.05) is 14.2 Å². The van der Waals surface area contributed by atoms with Crippen molar-refractivity contribution in [3.8, 4) is 5.75 Å². The van der Waals surface area contributed by atoms with E-state index in [1.165, 1.54) is 21.1 Å². The molecular weight excluding hydrogens is 274 g/mol. The van der Waals surface area contributed by atoms with Gasteiger partial charge in [0.05, 0.1) is 30.7 Å². The van der Waals surface area contributed by atoms with Crippen LogP contribution in [0.15, 0.2) is 35.3 Å². The van der Waals surface area contributed by atoms with E-state index in [1.807, 2.05) is 0 Å². The molecule has 0 fully saturated rings. The largest absolute Gasteiger partial charge is 0.497 e. The number of carboxylic acids is 1. The molecule has 1 aromatic rings. The normalized spacial score (nSPS) is 19.5. The van der Waals surface area contributed by atoms with Gasteiger partial charge in [0.1, 0.15) is 11.3 Å². The minimum atomic E-state index is -1.37. The minimum absolute atomic E-state index is 0.145. The number of fused-ring (bicyclic) bond motifs is 1. The van der Waals surface area contributed by atoms with Crippen LogP contribution in [0.4, 0.5) is 0 Å². The first-order valence-corrected chi connectivity index (χ1v) is 6.15. The van der Waals surface area contributed by atoms with E-state index in [1.54, 1.807) is 18.2 Å². The Labute approximate surface area is 121 Å². The summed E-state index contributed by atoms with van der Waals surface area (Å²) in [5, 5.41) is 10.2. The van der Waals surface area contributed by atoms with E-state index in [0.29, 0.717) is 16.3 Å². The van der Waals surface area contributed by atoms with Gasteiger partial charge in [-0.3, -0.25) is 4.99 Å². The van der Waals surface area contributed by atoms with Crippen LogP contribution in [0.5, 0.6) is 5.75 Å². The van der Waals surface area contributed by atoms with Crippen molar-refractivity contribution in [1.29, 1.82) is 0 Å². The first kappa shape index (κ1) is 14.8. The van der Waals surface area contributed by atoms with Gasteiger partial charge in [0.2, 0.25) is 0 Å². The fraction of sp³-hybridized carbons (Fsp3) is 0.267. The molecule has 1 aliphatic rings. The van der Waals surface area contributed by atoms with Crippen molar-refractivity contribution in [1.82, 2.24) is 0 Å². The van der Waals surface area contributed by atoms with Crippen LogP contribution in [0.1, 0.15) is 6.92 Å². The van der Waals surface area contributed by atoms with Gasteiger partial charge in [-0.05, 0) is 25.1 Å². The first-order valence-electron chi connectivity index (χ1n) is 6.15. The molecule has 1 aliphatic heterocycles. The summed E-state index contributed by atoms with van der Waals surface area (Å²) in [5.41, 5.74) is -1.42. The number of ether oxygens (including phenoxy) is 2. The van der Waals surface area contributed by atoms with Gasteiger partial charge < -0.3 is 14.6 Å². The second-order valence-corrected chi connectivity index (χ2v) is 4.72. The SMILES string of the molecule is C=C(C(=O)O)C1(C)N=c2ccc(OC)cc2=C1C(=O)OC. The molecule has 21 heavy (non-hydrogen) atoms. The van der Waals surface area contributed by atoms with Crippen LogP contribution in [-0.2, 0) is 14.3 Å². The molecule has 0 aromatic heterocycles. The van der Waals surface area contributed by atoms with Crippen molar-refractivity contribution in [3.63, 3.8) is 0 Å². The molecule has 0 saturated heterocycles. The topological polar surface area (TPSA) is 85.2 Å². The van der Waals surface area contributed by atoms with E-state index in [0.717, 1.165) is 0 Å². The smallest absolute Gasteiger partial charge is 0.337 e. The van der Waals surface area contributed by atoms with Gasteiger partial charge in [0, 0.05) is 5.22 Å². The maximum Gasteiger partial charge on any atom is 0.337 e.